The maximum atomic E-state index is 12.3. The number of rotatable bonds is 4. The van der Waals surface area contributed by atoms with Crippen LogP contribution in [0.15, 0.2) is 57.9 Å². The molecule has 0 radical (unpaired) electrons. The minimum absolute atomic E-state index is 0.155. The van der Waals surface area contributed by atoms with Gasteiger partial charge >= 0.3 is 0 Å². The number of sulfonamides is 1. The van der Waals surface area contributed by atoms with Crippen molar-refractivity contribution in [1.82, 2.24) is 0 Å². The Labute approximate surface area is 120 Å². The van der Waals surface area contributed by atoms with Crippen LogP contribution in [-0.4, -0.2) is 13.5 Å². The van der Waals surface area contributed by atoms with Gasteiger partial charge in [-0.2, -0.15) is 0 Å². The minimum atomic E-state index is -3.68. The number of aliphatic hydroxyl groups is 1. The van der Waals surface area contributed by atoms with Crippen molar-refractivity contribution in [2.24, 2.45) is 0 Å². The molecule has 0 atom stereocenters. The molecule has 0 aliphatic heterocycles. The monoisotopic (exact) mass is 341 g/mol. The van der Waals surface area contributed by atoms with E-state index >= 15 is 0 Å². The highest BCUT2D eigenvalue weighted by atomic mass is 79.9. The second-order valence-electron chi connectivity index (χ2n) is 3.85. The quantitative estimate of drug-likeness (QED) is 0.898. The molecule has 19 heavy (non-hydrogen) atoms. The third-order valence-corrected chi connectivity index (χ3v) is 4.94. The van der Waals surface area contributed by atoms with Gasteiger partial charge < -0.3 is 5.11 Å². The van der Waals surface area contributed by atoms with E-state index in [4.69, 9.17) is 0 Å². The first-order valence-corrected chi connectivity index (χ1v) is 7.78. The molecule has 0 saturated heterocycles. The molecule has 0 spiro atoms. The molecule has 2 rings (SSSR count). The van der Waals surface area contributed by atoms with Crippen molar-refractivity contribution in [3.8, 4) is 0 Å². The Morgan fingerprint density at radius 2 is 1.68 bits per heavy atom. The molecule has 0 aromatic heterocycles. The van der Waals surface area contributed by atoms with Crippen LogP contribution in [0.2, 0.25) is 0 Å². The van der Waals surface area contributed by atoms with E-state index < -0.39 is 10.0 Å². The SMILES string of the molecule is O=S(=O)(Nc1ccccc1CO)c1ccccc1Br. The molecule has 0 heterocycles. The van der Waals surface area contributed by atoms with Crippen molar-refractivity contribution in [2.45, 2.75) is 11.5 Å². The van der Waals surface area contributed by atoms with Crippen LogP contribution in [0.25, 0.3) is 0 Å². The number of hydrogen-bond donors (Lipinski definition) is 2. The summed E-state index contributed by atoms with van der Waals surface area (Å²) in [6.45, 7) is -0.228. The lowest BCUT2D eigenvalue weighted by atomic mass is 10.2. The van der Waals surface area contributed by atoms with Crippen LogP contribution in [0, 0.1) is 0 Å². The molecule has 4 nitrogen and oxygen atoms in total. The highest BCUT2D eigenvalue weighted by Gasteiger charge is 2.18. The van der Waals surface area contributed by atoms with E-state index in [0.717, 1.165) is 0 Å². The average Bonchev–Trinajstić information content (AvgIpc) is 2.39. The lowest BCUT2D eigenvalue weighted by Gasteiger charge is -2.12. The zero-order valence-electron chi connectivity index (χ0n) is 9.88. The topological polar surface area (TPSA) is 66.4 Å². The van der Waals surface area contributed by atoms with Crippen molar-refractivity contribution in [1.29, 1.82) is 0 Å². The standard InChI is InChI=1S/C13H12BrNO3S/c14-11-6-2-4-8-13(11)19(17,18)15-12-7-3-1-5-10(12)9-16/h1-8,15-16H,9H2. The zero-order valence-corrected chi connectivity index (χ0v) is 12.3. The largest absolute Gasteiger partial charge is 0.392 e. The molecule has 2 aromatic rings. The Balaban J connectivity index is 2.40. The molecule has 2 aromatic carbocycles. The third-order valence-electron chi connectivity index (χ3n) is 2.56. The van der Waals surface area contributed by atoms with Crippen molar-refractivity contribution in [2.75, 3.05) is 4.72 Å². The van der Waals surface area contributed by atoms with Gasteiger partial charge in [-0.15, -0.1) is 0 Å². The van der Waals surface area contributed by atoms with Crippen LogP contribution >= 0.6 is 15.9 Å². The van der Waals surface area contributed by atoms with Gasteiger partial charge in [-0.05, 0) is 34.1 Å². The maximum Gasteiger partial charge on any atom is 0.263 e. The van der Waals surface area contributed by atoms with Gasteiger partial charge in [-0.3, -0.25) is 4.72 Å². The number of benzene rings is 2. The Morgan fingerprint density at radius 1 is 1.05 bits per heavy atom. The molecule has 0 saturated carbocycles. The number of anilines is 1. The van der Waals surface area contributed by atoms with Crippen molar-refractivity contribution in [3.05, 3.63) is 58.6 Å². The van der Waals surface area contributed by atoms with Crippen LogP contribution in [0.4, 0.5) is 5.69 Å². The predicted molar refractivity (Wildman–Crippen MR) is 77.3 cm³/mol. The molecule has 6 heteroatoms. The van der Waals surface area contributed by atoms with E-state index in [9.17, 15) is 13.5 Å². The Morgan fingerprint density at radius 3 is 2.37 bits per heavy atom. The molecule has 0 aliphatic carbocycles. The summed E-state index contributed by atoms with van der Waals surface area (Å²) in [5.41, 5.74) is 0.902. The first-order chi connectivity index (χ1) is 9.04. The van der Waals surface area contributed by atoms with Crippen molar-refractivity contribution in [3.63, 3.8) is 0 Å². The third kappa shape index (κ3) is 3.15. The Kier molecular flexibility index (Phi) is 4.24. The fourth-order valence-corrected chi connectivity index (χ4v) is 3.73. The fourth-order valence-electron chi connectivity index (χ4n) is 1.62. The first-order valence-electron chi connectivity index (χ1n) is 5.51. The summed E-state index contributed by atoms with van der Waals surface area (Å²) < 4.78 is 27.5. The van der Waals surface area contributed by atoms with Crippen molar-refractivity contribution >= 4 is 31.6 Å². The van der Waals surface area contributed by atoms with Crippen LogP contribution in [0.1, 0.15) is 5.56 Å². The van der Waals surface area contributed by atoms with E-state index in [1.54, 1.807) is 42.5 Å². The summed E-state index contributed by atoms with van der Waals surface area (Å²) in [5, 5.41) is 9.20. The van der Waals surface area contributed by atoms with Gasteiger partial charge in [0, 0.05) is 10.0 Å². The van der Waals surface area contributed by atoms with E-state index in [2.05, 4.69) is 20.7 Å². The summed E-state index contributed by atoms with van der Waals surface area (Å²) >= 11 is 3.21. The predicted octanol–water partition coefficient (Wildman–Crippen LogP) is 2.74. The highest BCUT2D eigenvalue weighted by Crippen LogP contribution is 2.25. The molecule has 0 bridgehead atoms. The lowest BCUT2D eigenvalue weighted by Crippen LogP contribution is -2.14. The first kappa shape index (κ1) is 14.0. The lowest BCUT2D eigenvalue weighted by molar-refractivity contribution is 0.282. The van der Waals surface area contributed by atoms with E-state index in [0.29, 0.717) is 15.7 Å². The summed E-state index contributed by atoms with van der Waals surface area (Å²) in [4.78, 5) is 0.155. The zero-order chi connectivity index (χ0) is 13.9. The molecule has 0 aliphatic rings. The molecule has 0 fully saturated rings. The van der Waals surface area contributed by atoms with Gasteiger partial charge in [0.25, 0.3) is 10.0 Å². The molecule has 2 N–H and O–H groups in total. The Hall–Kier alpha value is -1.37. The summed E-state index contributed by atoms with van der Waals surface area (Å²) in [6, 6.07) is 13.3. The number of hydrogen-bond acceptors (Lipinski definition) is 3. The van der Waals surface area contributed by atoms with Crippen LogP contribution in [-0.2, 0) is 16.6 Å². The van der Waals surface area contributed by atoms with E-state index in [1.807, 2.05) is 0 Å². The second-order valence-corrected chi connectivity index (χ2v) is 6.36. The van der Waals surface area contributed by atoms with Gasteiger partial charge in [0.05, 0.1) is 12.3 Å². The molecule has 100 valence electrons. The van der Waals surface area contributed by atoms with Gasteiger partial charge in [-0.25, -0.2) is 8.42 Å². The highest BCUT2D eigenvalue weighted by molar-refractivity contribution is 9.10. The fraction of sp³-hybridized carbons (Fsp3) is 0.0769. The minimum Gasteiger partial charge on any atom is -0.392 e. The molecular formula is C13H12BrNO3S. The average molecular weight is 342 g/mol. The number of halogens is 1. The summed E-state index contributed by atoms with van der Waals surface area (Å²) in [5.74, 6) is 0. The van der Waals surface area contributed by atoms with Crippen LogP contribution in [0.3, 0.4) is 0 Å². The Bertz CT molecular complexity index is 686. The number of para-hydroxylation sites is 1. The normalized spacial score (nSPS) is 11.3. The maximum absolute atomic E-state index is 12.3. The smallest absolute Gasteiger partial charge is 0.263 e. The van der Waals surface area contributed by atoms with Crippen LogP contribution in [0.5, 0.6) is 0 Å². The van der Waals surface area contributed by atoms with Crippen LogP contribution < -0.4 is 4.72 Å². The summed E-state index contributed by atoms with van der Waals surface area (Å²) in [6.07, 6.45) is 0. The van der Waals surface area contributed by atoms with Gasteiger partial charge in [0.2, 0.25) is 0 Å². The molecular weight excluding hydrogens is 330 g/mol. The molecule has 0 unspecified atom stereocenters. The number of aliphatic hydroxyl groups excluding tert-OH is 1. The van der Waals surface area contributed by atoms with Gasteiger partial charge in [-0.1, -0.05) is 30.3 Å². The van der Waals surface area contributed by atoms with E-state index in [-0.39, 0.29) is 11.5 Å². The van der Waals surface area contributed by atoms with Gasteiger partial charge in [0.1, 0.15) is 4.90 Å². The van der Waals surface area contributed by atoms with Gasteiger partial charge in [0.15, 0.2) is 0 Å². The van der Waals surface area contributed by atoms with Crippen molar-refractivity contribution < 1.29 is 13.5 Å². The van der Waals surface area contributed by atoms with E-state index in [1.165, 1.54) is 6.07 Å². The number of nitrogens with one attached hydrogen (secondary N) is 1. The second kappa shape index (κ2) is 5.73. The molecule has 0 amide bonds. The summed E-state index contributed by atoms with van der Waals surface area (Å²) in [7, 11) is -3.68.